The van der Waals surface area contributed by atoms with Gasteiger partial charge < -0.3 is 4.18 Å². The Hall–Kier alpha value is -0.820. The molecule has 1 rings (SSSR count). The Bertz CT molecular complexity index is 560. The van der Waals surface area contributed by atoms with Crippen LogP contribution in [0.3, 0.4) is 0 Å². The summed E-state index contributed by atoms with van der Waals surface area (Å²) in [7, 11) is -2.37. The largest absolute Gasteiger partial charge is 0.390 e. The van der Waals surface area contributed by atoms with Crippen molar-refractivity contribution in [3.63, 3.8) is 0 Å². The molecule has 0 bridgehead atoms. The number of hydrogen-bond donors (Lipinski definition) is 1. The summed E-state index contributed by atoms with van der Waals surface area (Å²) in [5.41, 5.74) is 0.807. The lowest BCUT2D eigenvalue weighted by Crippen LogP contribution is -2.41. The molecule has 0 aliphatic heterocycles. The molecule has 0 fully saturated rings. The topological polar surface area (TPSA) is 29.5 Å². The van der Waals surface area contributed by atoms with Crippen molar-refractivity contribution >= 4 is 22.2 Å². The molecule has 2 nitrogen and oxygen atoms in total. The van der Waals surface area contributed by atoms with Gasteiger partial charge in [0, 0.05) is 12.3 Å². The number of halogens is 1. The Morgan fingerprint density at radius 2 is 1.65 bits per heavy atom. The standard InChI is InChI=1S/C19H29ClO2S/c1-18(2,3)23(21,19(4,5)6)22-17-14-10-9-13-16(17)12-8-7-11-15-20/h9-10,13-14,21H,7,11,15H2,1-6H3. The number of para-hydroxylation sites is 1. The average Bonchev–Trinajstić information content (AvgIpc) is 2.42. The maximum atomic E-state index is 11.4. The van der Waals surface area contributed by atoms with Crippen LogP contribution in [0.25, 0.3) is 0 Å². The molecule has 0 unspecified atom stereocenters. The fraction of sp³-hybridized carbons (Fsp3) is 0.579. The normalized spacial score (nSPS) is 13.2. The van der Waals surface area contributed by atoms with E-state index in [1.807, 2.05) is 65.8 Å². The highest BCUT2D eigenvalue weighted by Gasteiger charge is 2.43. The second-order valence-electron chi connectivity index (χ2n) is 7.42. The number of unbranched alkanes of at least 4 members (excludes halogenated alkanes) is 1. The Kier molecular flexibility index (Phi) is 6.89. The molecule has 0 aliphatic carbocycles. The highest BCUT2D eigenvalue weighted by Crippen LogP contribution is 2.64. The first-order valence-corrected chi connectivity index (χ1v) is 9.96. The van der Waals surface area contributed by atoms with Crippen molar-refractivity contribution in [3.05, 3.63) is 29.8 Å². The minimum Gasteiger partial charge on any atom is -0.390 e. The third-order valence-corrected chi connectivity index (χ3v) is 7.42. The SMILES string of the molecule is CC(C)(C)S(O)(Oc1ccccc1C#CCCCCl)C(C)(C)C. The third kappa shape index (κ3) is 5.08. The summed E-state index contributed by atoms with van der Waals surface area (Å²) in [4.78, 5) is 0. The lowest BCUT2D eigenvalue weighted by molar-refractivity contribution is 0.421. The Balaban J connectivity index is 3.18. The monoisotopic (exact) mass is 356 g/mol. The van der Waals surface area contributed by atoms with Crippen LogP contribution >= 0.6 is 22.2 Å². The Labute approximate surface area is 148 Å². The molecule has 130 valence electrons. The number of hydrogen-bond acceptors (Lipinski definition) is 2. The zero-order valence-corrected chi connectivity index (χ0v) is 16.6. The lowest BCUT2D eigenvalue weighted by Gasteiger charge is -2.56. The second kappa shape index (κ2) is 7.83. The Morgan fingerprint density at radius 1 is 1.09 bits per heavy atom. The van der Waals surface area contributed by atoms with Gasteiger partial charge in [0.15, 0.2) is 5.75 Å². The number of alkyl halides is 1. The zero-order valence-electron chi connectivity index (χ0n) is 15.1. The first-order valence-electron chi connectivity index (χ1n) is 7.91. The van der Waals surface area contributed by atoms with Crippen molar-refractivity contribution in [1.82, 2.24) is 0 Å². The molecular formula is C19H29ClO2S. The average molecular weight is 357 g/mol. The van der Waals surface area contributed by atoms with Crippen LogP contribution in [-0.2, 0) is 0 Å². The van der Waals surface area contributed by atoms with E-state index in [2.05, 4.69) is 11.8 Å². The van der Waals surface area contributed by atoms with Gasteiger partial charge in [-0.1, -0.05) is 24.0 Å². The van der Waals surface area contributed by atoms with Gasteiger partial charge in [0.1, 0.15) is 0 Å². The van der Waals surface area contributed by atoms with E-state index in [0.717, 1.165) is 18.4 Å². The van der Waals surface area contributed by atoms with Gasteiger partial charge in [-0.2, -0.15) is 0 Å². The number of benzene rings is 1. The molecule has 0 heterocycles. The molecule has 0 atom stereocenters. The first-order chi connectivity index (χ1) is 10.5. The molecule has 0 saturated carbocycles. The van der Waals surface area contributed by atoms with Gasteiger partial charge in [0.2, 0.25) is 0 Å². The van der Waals surface area contributed by atoms with Crippen molar-refractivity contribution in [2.75, 3.05) is 5.88 Å². The molecule has 23 heavy (non-hydrogen) atoms. The molecule has 1 aromatic rings. The van der Waals surface area contributed by atoms with Gasteiger partial charge in [0.05, 0.1) is 15.1 Å². The molecule has 0 aliphatic rings. The fourth-order valence-electron chi connectivity index (χ4n) is 2.25. The molecule has 0 radical (unpaired) electrons. The second-order valence-corrected chi connectivity index (χ2v) is 11.5. The van der Waals surface area contributed by atoms with E-state index in [9.17, 15) is 4.55 Å². The minimum absolute atomic E-state index is 0.371. The smallest absolute Gasteiger partial charge is 0.166 e. The van der Waals surface area contributed by atoms with Gasteiger partial charge >= 0.3 is 0 Å². The fourth-order valence-corrected chi connectivity index (χ4v) is 5.13. The summed E-state index contributed by atoms with van der Waals surface area (Å²) in [6.07, 6.45) is 1.63. The Morgan fingerprint density at radius 3 is 2.17 bits per heavy atom. The molecule has 0 aromatic heterocycles. The summed E-state index contributed by atoms with van der Waals surface area (Å²) in [5, 5.41) is 0. The van der Waals surface area contributed by atoms with Crippen LogP contribution in [0.15, 0.2) is 24.3 Å². The molecule has 0 amide bonds. The maximum Gasteiger partial charge on any atom is 0.166 e. The van der Waals surface area contributed by atoms with Crippen molar-refractivity contribution in [1.29, 1.82) is 0 Å². The van der Waals surface area contributed by atoms with E-state index in [-0.39, 0.29) is 9.49 Å². The molecular weight excluding hydrogens is 328 g/mol. The highest BCUT2D eigenvalue weighted by molar-refractivity contribution is 8.27. The van der Waals surface area contributed by atoms with Gasteiger partial charge in [-0.3, -0.25) is 4.55 Å². The van der Waals surface area contributed by atoms with Crippen molar-refractivity contribution in [3.8, 4) is 17.6 Å². The predicted octanol–water partition coefficient (Wildman–Crippen LogP) is 6.23. The summed E-state index contributed by atoms with van der Waals surface area (Å²) in [6, 6.07) is 7.64. The van der Waals surface area contributed by atoms with E-state index in [4.69, 9.17) is 15.8 Å². The minimum atomic E-state index is -2.37. The lowest BCUT2D eigenvalue weighted by atomic mass is 10.2. The highest BCUT2D eigenvalue weighted by atomic mass is 35.5. The van der Waals surface area contributed by atoms with Crippen molar-refractivity contribution in [2.24, 2.45) is 0 Å². The van der Waals surface area contributed by atoms with Gasteiger partial charge in [-0.25, -0.2) is 0 Å². The predicted molar refractivity (Wildman–Crippen MR) is 104 cm³/mol. The van der Waals surface area contributed by atoms with E-state index in [0.29, 0.717) is 11.6 Å². The molecule has 0 spiro atoms. The van der Waals surface area contributed by atoms with Crippen molar-refractivity contribution < 1.29 is 8.74 Å². The summed E-state index contributed by atoms with van der Waals surface area (Å²) < 4.78 is 16.9. The molecule has 0 saturated heterocycles. The quantitative estimate of drug-likeness (QED) is 0.394. The van der Waals surface area contributed by atoms with Crippen LogP contribution in [0.2, 0.25) is 0 Å². The third-order valence-electron chi connectivity index (χ3n) is 3.42. The van der Waals surface area contributed by atoms with E-state index >= 15 is 0 Å². The molecule has 4 heteroatoms. The zero-order chi connectivity index (χ0) is 17.7. The van der Waals surface area contributed by atoms with Gasteiger partial charge in [0.25, 0.3) is 0 Å². The van der Waals surface area contributed by atoms with E-state index in [1.54, 1.807) is 0 Å². The van der Waals surface area contributed by atoms with Crippen LogP contribution in [-0.4, -0.2) is 19.9 Å². The molecule has 1 N–H and O–H groups in total. The van der Waals surface area contributed by atoms with Crippen molar-refractivity contribution in [2.45, 2.75) is 63.9 Å². The summed E-state index contributed by atoms with van der Waals surface area (Å²) in [6.45, 7) is 12.1. The van der Waals surface area contributed by atoms with Crippen LogP contribution in [0, 0.1) is 11.8 Å². The van der Waals surface area contributed by atoms with Gasteiger partial charge in [-0.15, -0.1) is 22.2 Å². The van der Waals surface area contributed by atoms with Gasteiger partial charge in [-0.05, 0) is 60.1 Å². The first kappa shape index (κ1) is 20.2. The summed E-state index contributed by atoms with van der Waals surface area (Å²) in [5.74, 6) is 7.52. The van der Waals surface area contributed by atoms with Crippen LogP contribution in [0.4, 0.5) is 0 Å². The van der Waals surface area contributed by atoms with E-state index < -0.39 is 10.6 Å². The number of rotatable bonds is 4. The summed E-state index contributed by atoms with van der Waals surface area (Å²) >= 11 is 5.68. The van der Waals surface area contributed by atoms with Crippen LogP contribution in [0.1, 0.15) is 59.9 Å². The maximum absolute atomic E-state index is 11.4. The van der Waals surface area contributed by atoms with Crippen LogP contribution in [0.5, 0.6) is 5.75 Å². The van der Waals surface area contributed by atoms with E-state index in [1.165, 1.54) is 0 Å². The van der Waals surface area contributed by atoms with Crippen LogP contribution < -0.4 is 4.18 Å². The molecule has 1 aromatic carbocycles.